The Hall–Kier alpha value is -2.69. The van der Waals surface area contributed by atoms with Crippen LogP contribution in [0.3, 0.4) is 0 Å². The van der Waals surface area contributed by atoms with Crippen molar-refractivity contribution in [2.75, 3.05) is 24.9 Å². The van der Waals surface area contributed by atoms with Gasteiger partial charge in [-0.05, 0) is 19.1 Å². The Balaban J connectivity index is 1.58. The smallest absolute Gasteiger partial charge is 0.295 e. The highest BCUT2D eigenvalue weighted by Crippen LogP contribution is 2.35. The number of aromatic amines is 1. The predicted molar refractivity (Wildman–Crippen MR) is 116 cm³/mol. The molecule has 0 aliphatic carbocycles. The molecule has 31 heavy (non-hydrogen) atoms. The summed E-state index contributed by atoms with van der Waals surface area (Å²) in [6, 6.07) is 4.30. The fourth-order valence-corrected chi connectivity index (χ4v) is 5.05. The van der Waals surface area contributed by atoms with Gasteiger partial charge in [-0.25, -0.2) is 0 Å². The van der Waals surface area contributed by atoms with Crippen LogP contribution < -0.4 is 10.0 Å². The number of hydrogen-bond acceptors (Lipinski definition) is 5. The van der Waals surface area contributed by atoms with Gasteiger partial charge in [0.1, 0.15) is 0 Å². The van der Waals surface area contributed by atoms with Crippen LogP contribution in [0.5, 0.6) is 0 Å². The zero-order chi connectivity index (χ0) is 22.5. The number of furan rings is 1. The summed E-state index contributed by atoms with van der Waals surface area (Å²) in [4.78, 5) is 28.6. The van der Waals surface area contributed by atoms with E-state index in [4.69, 9.17) is 27.6 Å². The first-order valence-electron chi connectivity index (χ1n) is 9.21. The largest absolute Gasteiger partial charge is 0.437 e. The molecule has 9 nitrogen and oxygen atoms in total. The zero-order valence-electron chi connectivity index (χ0n) is 16.5. The maximum absolute atomic E-state index is 12.9. The maximum Gasteiger partial charge on any atom is 0.295 e. The Morgan fingerprint density at radius 1 is 1.23 bits per heavy atom. The molecule has 1 aliphatic heterocycles. The standard InChI is InChI=1S/C19H18Cl2N4O5S/c1-9-5-14(30-17(9)19(27)25-7-10(8-25)18(26)22-2)31(28,29)24-13-4-3-11(20)15-12(21)6-23-16(13)15/h3-6,10,23-24H,7-8H2,1-2H3,(H,22,26). The summed E-state index contributed by atoms with van der Waals surface area (Å²) in [6.45, 7) is 2.07. The predicted octanol–water partition coefficient (Wildman–Crippen LogP) is 2.99. The summed E-state index contributed by atoms with van der Waals surface area (Å²) in [5.74, 6) is -0.982. The van der Waals surface area contributed by atoms with Gasteiger partial charge in [0, 0.05) is 43.4 Å². The van der Waals surface area contributed by atoms with Crippen LogP contribution in [-0.4, -0.2) is 50.3 Å². The van der Waals surface area contributed by atoms with Gasteiger partial charge in [0.05, 0.1) is 27.2 Å². The van der Waals surface area contributed by atoms with Crippen molar-refractivity contribution in [1.29, 1.82) is 0 Å². The SMILES string of the molecule is CNC(=O)C1CN(C(=O)c2oc(S(=O)(=O)Nc3ccc(Cl)c4c(Cl)c[nH]c34)cc2C)C1. The molecule has 12 heteroatoms. The molecule has 0 unspecified atom stereocenters. The van der Waals surface area contributed by atoms with E-state index in [1.54, 1.807) is 6.92 Å². The maximum atomic E-state index is 12.9. The highest BCUT2D eigenvalue weighted by molar-refractivity contribution is 7.92. The lowest BCUT2D eigenvalue weighted by Gasteiger charge is -2.37. The van der Waals surface area contributed by atoms with Gasteiger partial charge in [-0.1, -0.05) is 23.2 Å². The molecule has 0 atom stereocenters. The van der Waals surface area contributed by atoms with Crippen molar-refractivity contribution in [3.05, 3.63) is 45.8 Å². The average molecular weight is 485 g/mol. The number of fused-ring (bicyclic) bond motifs is 1. The van der Waals surface area contributed by atoms with Gasteiger partial charge in [-0.2, -0.15) is 8.42 Å². The molecular formula is C19H18Cl2N4O5S. The molecule has 0 radical (unpaired) electrons. The summed E-state index contributed by atoms with van der Waals surface area (Å²) in [5.41, 5.74) is 1.02. The highest BCUT2D eigenvalue weighted by Gasteiger charge is 2.38. The number of benzene rings is 1. The Kier molecular flexibility index (Phi) is 5.40. The minimum absolute atomic E-state index is 0.0834. The van der Waals surface area contributed by atoms with Crippen molar-refractivity contribution in [2.45, 2.75) is 12.0 Å². The van der Waals surface area contributed by atoms with Crippen LogP contribution in [0.15, 0.2) is 33.9 Å². The molecule has 3 heterocycles. The Bertz CT molecular complexity index is 1310. The van der Waals surface area contributed by atoms with E-state index in [2.05, 4.69) is 15.0 Å². The lowest BCUT2D eigenvalue weighted by atomic mass is 9.98. The fraction of sp³-hybridized carbons (Fsp3) is 0.263. The van der Waals surface area contributed by atoms with E-state index in [1.165, 1.54) is 36.3 Å². The molecule has 0 saturated carbocycles. The molecule has 1 fully saturated rings. The summed E-state index contributed by atoms with van der Waals surface area (Å²) in [5, 5.41) is 3.34. The Morgan fingerprint density at radius 3 is 2.61 bits per heavy atom. The molecule has 164 valence electrons. The quantitative estimate of drug-likeness (QED) is 0.513. The Labute approximate surface area is 187 Å². The number of hydrogen-bond donors (Lipinski definition) is 3. The van der Waals surface area contributed by atoms with Gasteiger partial charge in [0.15, 0.2) is 5.76 Å². The van der Waals surface area contributed by atoms with Crippen molar-refractivity contribution in [3.63, 3.8) is 0 Å². The molecule has 1 aliphatic rings. The summed E-state index contributed by atoms with van der Waals surface area (Å²) < 4.78 is 33.7. The third-order valence-electron chi connectivity index (χ3n) is 5.12. The van der Waals surface area contributed by atoms with Crippen LogP contribution in [0, 0.1) is 12.8 Å². The molecule has 3 aromatic rings. The van der Waals surface area contributed by atoms with Gasteiger partial charge in [-0.15, -0.1) is 0 Å². The second-order valence-electron chi connectivity index (χ2n) is 7.19. The van der Waals surface area contributed by atoms with E-state index >= 15 is 0 Å². The number of likely N-dealkylation sites (tertiary alicyclic amines) is 1. The third kappa shape index (κ3) is 3.75. The molecule has 0 bridgehead atoms. The molecular weight excluding hydrogens is 467 g/mol. The van der Waals surface area contributed by atoms with Gasteiger partial charge in [-0.3, -0.25) is 14.3 Å². The molecule has 2 amide bonds. The number of sulfonamides is 1. The topological polar surface area (TPSA) is 125 Å². The van der Waals surface area contributed by atoms with Crippen LogP contribution >= 0.6 is 23.2 Å². The first-order valence-corrected chi connectivity index (χ1v) is 11.5. The molecule has 2 aromatic heterocycles. The van der Waals surface area contributed by atoms with Gasteiger partial charge >= 0.3 is 0 Å². The zero-order valence-corrected chi connectivity index (χ0v) is 18.8. The van der Waals surface area contributed by atoms with Crippen molar-refractivity contribution in [3.8, 4) is 0 Å². The van der Waals surface area contributed by atoms with Gasteiger partial charge in [0.25, 0.3) is 15.9 Å². The first-order chi connectivity index (χ1) is 14.6. The number of nitrogens with zero attached hydrogens (tertiary/aromatic N) is 1. The van der Waals surface area contributed by atoms with Crippen LogP contribution in [0.1, 0.15) is 16.1 Å². The van der Waals surface area contributed by atoms with E-state index in [9.17, 15) is 18.0 Å². The minimum atomic E-state index is -4.14. The van der Waals surface area contributed by atoms with E-state index in [1.807, 2.05) is 0 Å². The molecule has 1 aromatic carbocycles. The lowest BCUT2D eigenvalue weighted by Crippen LogP contribution is -2.55. The Morgan fingerprint density at radius 2 is 1.94 bits per heavy atom. The second-order valence-corrected chi connectivity index (χ2v) is 9.61. The lowest BCUT2D eigenvalue weighted by molar-refractivity contribution is -0.128. The number of anilines is 1. The van der Waals surface area contributed by atoms with E-state index < -0.39 is 21.0 Å². The van der Waals surface area contributed by atoms with Crippen LogP contribution in [0.4, 0.5) is 5.69 Å². The van der Waals surface area contributed by atoms with Crippen molar-refractivity contribution in [1.82, 2.24) is 15.2 Å². The molecule has 4 rings (SSSR count). The number of amides is 2. The fourth-order valence-electron chi connectivity index (χ4n) is 3.40. The molecule has 0 spiro atoms. The third-order valence-corrected chi connectivity index (χ3v) is 6.95. The highest BCUT2D eigenvalue weighted by atomic mass is 35.5. The summed E-state index contributed by atoms with van der Waals surface area (Å²) in [6.07, 6.45) is 1.50. The van der Waals surface area contributed by atoms with Gasteiger partial charge in [0.2, 0.25) is 11.0 Å². The number of halogens is 2. The molecule has 1 saturated heterocycles. The van der Waals surface area contributed by atoms with Crippen LogP contribution in [-0.2, 0) is 14.8 Å². The normalized spacial score (nSPS) is 14.5. The van der Waals surface area contributed by atoms with Crippen molar-refractivity contribution >= 4 is 61.6 Å². The van der Waals surface area contributed by atoms with Crippen molar-refractivity contribution in [2.24, 2.45) is 5.92 Å². The van der Waals surface area contributed by atoms with E-state index in [-0.39, 0.29) is 36.4 Å². The number of aromatic nitrogens is 1. The van der Waals surface area contributed by atoms with Gasteiger partial charge < -0.3 is 19.6 Å². The summed E-state index contributed by atoms with van der Waals surface area (Å²) >= 11 is 12.2. The average Bonchev–Trinajstić information content (AvgIpc) is 3.27. The number of nitrogens with one attached hydrogen (secondary N) is 3. The number of carbonyl (C=O) groups is 2. The first kappa shape index (κ1) is 21.5. The van der Waals surface area contributed by atoms with E-state index in [0.29, 0.717) is 26.5 Å². The summed E-state index contributed by atoms with van der Waals surface area (Å²) in [7, 11) is -2.61. The number of aryl methyl sites for hydroxylation is 1. The number of H-pyrrole nitrogens is 1. The van der Waals surface area contributed by atoms with E-state index in [0.717, 1.165) is 0 Å². The van der Waals surface area contributed by atoms with Crippen LogP contribution in [0.2, 0.25) is 10.0 Å². The van der Waals surface area contributed by atoms with Crippen LogP contribution in [0.25, 0.3) is 10.9 Å². The second kappa shape index (κ2) is 7.77. The molecule has 3 N–H and O–H groups in total. The number of carbonyl (C=O) groups excluding carboxylic acids is 2. The minimum Gasteiger partial charge on any atom is -0.437 e. The van der Waals surface area contributed by atoms with Crippen molar-refractivity contribution < 1.29 is 22.4 Å². The number of rotatable bonds is 5. The monoisotopic (exact) mass is 484 g/mol.